The zero-order chi connectivity index (χ0) is 21.8. The summed E-state index contributed by atoms with van der Waals surface area (Å²) in [4.78, 5) is 39.0. The second kappa shape index (κ2) is 9.25. The number of nitro benzene ring substituents is 1. The zero-order valence-electron chi connectivity index (χ0n) is 16.8. The van der Waals surface area contributed by atoms with Crippen LogP contribution in [-0.4, -0.2) is 47.8 Å². The van der Waals surface area contributed by atoms with Gasteiger partial charge in [-0.3, -0.25) is 19.7 Å². The fourth-order valence-corrected chi connectivity index (χ4v) is 4.15. The number of rotatable bonds is 5. The van der Waals surface area contributed by atoms with E-state index in [-0.39, 0.29) is 29.1 Å². The van der Waals surface area contributed by atoms with E-state index in [1.165, 1.54) is 13.0 Å². The van der Waals surface area contributed by atoms with Gasteiger partial charge in [-0.2, -0.15) is 0 Å². The average molecular weight is 475 g/mol. The Kier molecular flexibility index (Phi) is 6.71. The van der Waals surface area contributed by atoms with E-state index in [0.717, 1.165) is 10.0 Å². The van der Waals surface area contributed by atoms with Gasteiger partial charge in [-0.05, 0) is 30.7 Å². The van der Waals surface area contributed by atoms with E-state index in [2.05, 4.69) is 21.2 Å². The lowest BCUT2D eigenvalue weighted by Gasteiger charge is -2.35. The van der Waals surface area contributed by atoms with Crippen LogP contribution in [-0.2, 0) is 4.79 Å². The number of hydrogen-bond donors (Lipinski definition) is 1. The number of nitrogens with one attached hydrogen (secondary N) is 1. The molecule has 1 N–H and O–H groups in total. The molecule has 158 valence electrons. The molecule has 1 heterocycles. The maximum absolute atomic E-state index is 12.7. The first-order valence-corrected chi connectivity index (χ1v) is 10.4. The highest BCUT2D eigenvalue weighted by atomic mass is 79.9. The highest BCUT2D eigenvalue weighted by molar-refractivity contribution is 9.10. The molecule has 1 unspecified atom stereocenters. The first-order valence-electron chi connectivity index (χ1n) is 9.62. The van der Waals surface area contributed by atoms with E-state index in [9.17, 15) is 19.7 Å². The molecule has 1 aliphatic rings. The van der Waals surface area contributed by atoms with Crippen molar-refractivity contribution in [2.45, 2.75) is 19.9 Å². The molecule has 0 bridgehead atoms. The standard InChI is InChI=1S/C21H23BrN4O4/c1-14(17-5-3-4-6-18(17)22)23-21(28)16-7-8-19(20(13-16)26(29)30)25-11-9-24(10-12-25)15(2)27/h3-8,13-14H,9-12H2,1-2H3,(H,23,28). The monoisotopic (exact) mass is 474 g/mol. The summed E-state index contributed by atoms with van der Waals surface area (Å²) in [5.74, 6) is -0.385. The molecule has 8 nitrogen and oxygen atoms in total. The molecule has 1 atom stereocenters. The molecule has 0 aliphatic carbocycles. The molecule has 1 aliphatic heterocycles. The van der Waals surface area contributed by atoms with Crippen molar-refractivity contribution in [3.63, 3.8) is 0 Å². The number of hydrogen-bond acceptors (Lipinski definition) is 5. The smallest absolute Gasteiger partial charge is 0.293 e. The lowest BCUT2D eigenvalue weighted by molar-refractivity contribution is -0.384. The van der Waals surface area contributed by atoms with Crippen molar-refractivity contribution in [1.29, 1.82) is 0 Å². The van der Waals surface area contributed by atoms with Gasteiger partial charge >= 0.3 is 0 Å². The first-order chi connectivity index (χ1) is 14.3. The van der Waals surface area contributed by atoms with Crippen LogP contribution in [0.4, 0.5) is 11.4 Å². The number of anilines is 1. The normalized spacial score (nSPS) is 14.9. The van der Waals surface area contributed by atoms with Crippen LogP contribution < -0.4 is 10.2 Å². The summed E-state index contributed by atoms with van der Waals surface area (Å²) in [6.45, 7) is 5.40. The minimum absolute atomic E-state index is 0.00431. The Balaban J connectivity index is 1.78. The van der Waals surface area contributed by atoms with Gasteiger partial charge < -0.3 is 15.1 Å². The minimum Gasteiger partial charge on any atom is -0.362 e. The van der Waals surface area contributed by atoms with Crippen LogP contribution in [0, 0.1) is 10.1 Å². The van der Waals surface area contributed by atoms with Crippen LogP contribution in [0.2, 0.25) is 0 Å². The highest BCUT2D eigenvalue weighted by Gasteiger charge is 2.26. The highest BCUT2D eigenvalue weighted by Crippen LogP contribution is 2.30. The van der Waals surface area contributed by atoms with E-state index in [1.807, 2.05) is 36.1 Å². The topological polar surface area (TPSA) is 95.8 Å². The lowest BCUT2D eigenvalue weighted by atomic mass is 10.1. The van der Waals surface area contributed by atoms with Gasteiger partial charge in [0.1, 0.15) is 5.69 Å². The van der Waals surface area contributed by atoms with E-state index < -0.39 is 4.92 Å². The third-order valence-corrected chi connectivity index (χ3v) is 5.94. The molecular formula is C21H23BrN4O4. The quantitative estimate of drug-likeness (QED) is 0.528. The van der Waals surface area contributed by atoms with Crippen LogP contribution in [0.3, 0.4) is 0 Å². The van der Waals surface area contributed by atoms with Gasteiger partial charge in [-0.1, -0.05) is 34.1 Å². The number of halogens is 1. The van der Waals surface area contributed by atoms with Gasteiger partial charge in [0, 0.05) is 49.2 Å². The fraction of sp³-hybridized carbons (Fsp3) is 0.333. The lowest BCUT2D eigenvalue weighted by Crippen LogP contribution is -2.48. The third kappa shape index (κ3) is 4.79. The molecule has 2 amide bonds. The van der Waals surface area contributed by atoms with Gasteiger partial charge in [-0.15, -0.1) is 0 Å². The maximum Gasteiger partial charge on any atom is 0.293 e. The van der Waals surface area contributed by atoms with E-state index in [4.69, 9.17) is 0 Å². The Morgan fingerprint density at radius 1 is 1.13 bits per heavy atom. The van der Waals surface area contributed by atoms with E-state index in [1.54, 1.807) is 17.0 Å². The van der Waals surface area contributed by atoms with Crippen molar-refractivity contribution in [2.24, 2.45) is 0 Å². The second-order valence-corrected chi connectivity index (χ2v) is 8.02. The van der Waals surface area contributed by atoms with Crippen LogP contribution in [0.1, 0.15) is 35.8 Å². The average Bonchev–Trinajstić information content (AvgIpc) is 2.73. The Morgan fingerprint density at radius 3 is 2.40 bits per heavy atom. The van der Waals surface area contributed by atoms with Crippen LogP contribution in [0.5, 0.6) is 0 Å². The van der Waals surface area contributed by atoms with Gasteiger partial charge in [0.05, 0.1) is 11.0 Å². The number of amides is 2. The summed E-state index contributed by atoms with van der Waals surface area (Å²) in [5, 5.41) is 14.6. The van der Waals surface area contributed by atoms with Crippen molar-refractivity contribution >= 4 is 39.1 Å². The largest absolute Gasteiger partial charge is 0.362 e. The Bertz CT molecular complexity index is 973. The maximum atomic E-state index is 12.7. The Labute approximate surface area is 183 Å². The number of nitro groups is 1. The summed E-state index contributed by atoms with van der Waals surface area (Å²) >= 11 is 3.47. The number of carbonyl (C=O) groups is 2. The first kappa shape index (κ1) is 21.8. The van der Waals surface area contributed by atoms with Crippen molar-refractivity contribution in [3.05, 3.63) is 68.2 Å². The van der Waals surface area contributed by atoms with Crippen molar-refractivity contribution < 1.29 is 14.5 Å². The molecule has 1 fully saturated rings. The molecule has 0 saturated carbocycles. The molecule has 1 saturated heterocycles. The van der Waals surface area contributed by atoms with E-state index in [0.29, 0.717) is 31.9 Å². The van der Waals surface area contributed by atoms with Crippen LogP contribution >= 0.6 is 15.9 Å². The number of nitrogens with zero attached hydrogens (tertiary/aromatic N) is 3. The summed E-state index contributed by atoms with van der Waals surface area (Å²) in [5.41, 5.74) is 1.48. The Morgan fingerprint density at radius 2 is 1.80 bits per heavy atom. The summed E-state index contributed by atoms with van der Waals surface area (Å²) < 4.78 is 0.879. The molecule has 0 aromatic heterocycles. The van der Waals surface area contributed by atoms with Crippen molar-refractivity contribution in [3.8, 4) is 0 Å². The molecule has 2 aromatic rings. The van der Waals surface area contributed by atoms with Gasteiger partial charge in [0.15, 0.2) is 0 Å². The summed E-state index contributed by atoms with van der Waals surface area (Å²) in [6, 6.07) is 11.8. The van der Waals surface area contributed by atoms with Gasteiger partial charge in [0.25, 0.3) is 11.6 Å². The van der Waals surface area contributed by atoms with Crippen molar-refractivity contribution in [1.82, 2.24) is 10.2 Å². The predicted molar refractivity (Wildman–Crippen MR) is 118 cm³/mol. The zero-order valence-corrected chi connectivity index (χ0v) is 18.4. The van der Waals surface area contributed by atoms with Crippen LogP contribution in [0.25, 0.3) is 0 Å². The SMILES string of the molecule is CC(=O)N1CCN(c2ccc(C(=O)NC(C)c3ccccc3Br)cc2[N+](=O)[O-])CC1. The summed E-state index contributed by atoms with van der Waals surface area (Å²) in [7, 11) is 0. The fourth-order valence-electron chi connectivity index (χ4n) is 3.52. The number of piperazine rings is 1. The molecule has 2 aromatic carbocycles. The molecule has 0 radical (unpaired) electrons. The molecule has 0 spiro atoms. The van der Waals surface area contributed by atoms with Crippen LogP contribution in [0.15, 0.2) is 46.9 Å². The Hall–Kier alpha value is -2.94. The predicted octanol–water partition coefficient (Wildman–Crippen LogP) is 3.52. The summed E-state index contributed by atoms with van der Waals surface area (Å²) in [6.07, 6.45) is 0. The molecule has 30 heavy (non-hydrogen) atoms. The number of carbonyl (C=O) groups excluding carboxylic acids is 2. The molecule has 9 heteroatoms. The van der Waals surface area contributed by atoms with Gasteiger partial charge in [-0.25, -0.2) is 0 Å². The third-order valence-electron chi connectivity index (χ3n) is 5.22. The molecule has 3 rings (SSSR count). The van der Waals surface area contributed by atoms with Gasteiger partial charge in [0.2, 0.25) is 5.91 Å². The van der Waals surface area contributed by atoms with E-state index >= 15 is 0 Å². The minimum atomic E-state index is -0.472. The second-order valence-electron chi connectivity index (χ2n) is 7.17. The number of benzene rings is 2. The van der Waals surface area contributed by atoms with Crippen molar-refractivity contribution in [2.75, 3.05) is 31.1 Å². The molecular weight excluding hydrogens is 452 g/mol.